The van der Waals surface area contributed by atoms with Gasteiger partial charge in [0.1, 0.15) is 0 Å². The standard InChI is InChI=1S/C20H33NO3S/c1-17(22)21(5)19-14-12-18(13-15-19)11-9-7-6-8-10-16-25(23,24)20(2,3)4/h12-15H,6-11,16H2,1-5H3. The number of sulfone groups is 1. The van der Waals surface area contributed by atoms with E-state index in [1.807, 2.05) is 12.1 Å². The molecule has 0 aliphatic heterocycles. The van der Waals surface area contributed by atoms with Crippen LogP contribution in [0.2, 0.25) is 0 Å². The Bertz CT molecular complexity index is 643. The second-order valence-electron chi connectivity index (χ2n) is 7.69. The zero-order valence-corrected chi connectivity index (χ0v) is 17.2. The zero-order valence-electron chi connectivity index (χ0n) is 16.3. The largest absolute Gasteiger partial charge is 0.316 e. The highest BCUT2D eigenvalue weighted by Gasteiger charge is 2.27. The molecule has 4 nitrogen and oxygen atoms in total. The van der Waals surface area contributed by atoms with Gasteiger partial charge in [-0.3, -0.25) is 4.79 Å². The fourth-order valence-corrected chi connectivity index (χ4v) is 3.72. The molecule has 1 aromatic carbocycles. The Labute approximate surface area is 153 Å². The van der Waals surface area contributed by atoms with Crippen LogP contribution in [0.1, 0.15) is 65.4 Å². The van der Waals surface area contributed by atoms with Crippen molar-refractivity contribution in [2.24, 2.45) is 0 Å². The van der Waals surface area contributed by atoms with E-state index in [0.717, 1.165) is 44.2 Å². The molecule has 0 saturated carbocycles. The van der Waals surface area contributed by atoms with Gasteiger partial charge in [0.15, 0.2) is 9.84 Å². The van der Waals surface area contributed by atoms with Gasteiger partial charge in [-0.2, -0.15) is 0 Å². The van der Waals surface area contributed by atoms with Gasteiger partial charge in [-0.15, -0.1) is 0 Å². The van der Waals surface area contributed by atoms with E-state index in [0.29, 0.717) is 5.75 Å². The Hall–Kier alpha value is -1.36. The number of unbranched alkanes of at least 4 members (excludes halogenated alkanes) is 4. The topological polar surface area (TPSA) is 54.5 Å². The van der Waals surface area contributed by atoms with E-state index < -0.39 is 14.6 Å². The quantitative estimate of drug-likeness (QED) is 0.609. The number of carbonyl (C=O) groups is 1. The molecule has 0 aliphatic carbocycles. The Morgan fingerprint density at radius 3 is 2.00 bits per heavy atom. The summed E-state index contributed by atoms with van der Waals surface area (Å²) in [6.45, 7) is 6.85. The summed E-state index contributed by atoms with van der Waals surface area (Å²) in [4.78, 5) is 13.0. The summed E-state index contributed by atoms with van der Waals surface area (Å²) in [5.41, 5.74) is 2.19. The van der Waals surface area contributed by atoms with Gasteiger partial charge in [0.05, 0.1) is 10.5 Å². The van der Waals surface area contributed by atoms with Crippen molar-refractivity contribution in [3.63, 3.8) is 0 Å². The normalized spacial score (nSPS) is 12.2. The van der Waals surface area contributed by atoms with E-state index in [4.69, 9.17) is 0 Å². The molecule has 0 unspecified atom stereocenters. The minimum Gasteiger partial charge on any atom is -0.316 e. The van der Waals surface area contributed by atoms with Crippen LogP contribution in [0.3, 0.4) is 0 Å². The minimum absolute atomic E-state index is 0.0289. The van der Waals surface area contributed by atoms with Crippen LogP contribution in [0.25, 0.3) is 0 Å². The second-order valence-corrected chi connectivity index (χ2v) is 10.6. The Morgan fingerprint density at radius 1 is 0.960 bits per heavy atom. The molecule has 0 heterocycles. The van der Waals surface area contributed by atoms with Crippen LogP contribution in [-0.2, 0) is 21.1 Å². The molecule has 0 N–H and O–H groups in total. The van der Waals surface area contributed by atoms with Crippen molar-refractivity contribution >= 4 is 21.4 Å². The molecule has 1 aromatic rings. The third-order valence-corrected chi connectivity index (χ3v) is 7.30. The number of nitrogens with zero attached hydrogens (tertiary/aromatic N) is 1. The summed E-state index contributed by atoms with van der Waals surface area (Å²) in [5, 5.41) is 0. The SMILES string of the molecule is CC(=O)N(C)c1ccc(CCCCCCCS(=O)(=O)C(C)(C)C)cc1. The minimum atomic E-state index is -2.98. The number of rotatable bonds is 9. The summed E-state index contributed by atoms with van der Waals surface area (Å²) >= 11 is 0. The number of hydrogen-bond donors (Lipinski definition) is 0. The maximum absolute atomic E-state index is 12.0. The van der Waals surface area contributed by atoms with Crippen LogP contribution < -0.4 is 4.90 Å². The average Bonchev–Trinajstić information content (AvgIpc) is 2.52. The highest BCUT2D eigenvalue weighted by molar-refractivity contribution is 7.92. The molecular weight excluding hydrogens is 334 g/mol. The van der Waals surface area contributed by atoms with Crippen LogP contribution >= 0.6 is 0 Å². The van der Waals surface area contributed by atoms with Gasteiger partial charge in [0, 0.05) is 19.7 Å². The average molecular weight is 368 g/mol. The molecule has 0 bridgehead atoms. The summed E-state index contributed by atoms with van der Waals surface area (Å²) in [7, 11) is -1.20. The van der Waals surface area contributed by atoms with Crippen molar-refractivity contribution < 1.29 is 13.2 Å². The van der Waals surface area contributed by atoms with Crippen molar-refractivity contribution in [1.82, 2.24) is 0 Å². The van der Waals surface area contributed by atoms with Gasteiger partial charge < -0.3 is 4.90 Å². The summed E-state index contributed by atoms with van der Waals surface area (Å²) < 4.78 is 23.4. The van der Waals surface area contributed by atoms with Crippen molar-refractivity contribution in [3.05, 3.63) is 29.8 Å². The lowest BCUT2D eigenvalue weighted by atomic mass is 10.1. The van der Waals surface area contributed by atoms with E-state index in [-0.39, 0.29) is 5.91 Å². The fourth-order valence-electron chi connectivity index (χ4n) is 2.53. The molecule has 1 rings (SSSR count). The van der Waals surface area contributed by atoms with Crippen molar-refractivity contribution in [3.8, 4) is 0 Å². The number of anilines is 1. The fraction of sp³-hybridized carbons (Fsp3) is 0.650. The van der Waals surface area contributed by atoms with E-state index >= 15 is 0 Å². The number of benzene rings is 1. The molecule has 0 spiro atoms. The smallest absolute Gasteiger partial charge is 0.223 e. The zero-order chi connectivity index (χ0) is 19.1. The van der Waals surface area contributed by atoms with E-state index in [1.54, 1.807) is 39.6 Å². The van der Waals surface area contributed by atoms with Crippen LogP contribution in [0.15, 0.2) is 24.3 Å². The molecule has 0 saturated heterocycles. The summed E-state index contributed by atoms with van der Waals surface area (Å²) in [6, 6.07) is 8.11. The van der Waals surface area contributed by atoms with Crippen LogP contribution in [-0.4, -0.2) is 31.9 Å². The van der Waals surface area contributed by atoms with Crippen LogP contribution in [0, 0.1) is 0 Å². The molecule has 5 heteroatoms. The first-order valence-corrected chi connectivity index (χ1v) is 10.8. The molecule has 0 radical (unpaired) electrons. The van der Waals surface area contributed by atoms with E-state index in [2.05, 4.69) is 12.1 Å². The molecule has 0 aliphatic rings. The van der Waals surface area contributed by atoms with Crippen molar-refractivity contribution in [2.45, 2.75) is 71.0 Å². The monoisotopic (exact) mass is 367 g/mol. The predicted molar refractivity (Wildman–Crippen MR) is 106 cm³/mol. The van der Waals surface area contributed by atoms with Gasteiger partial charge in [-0.25, -0.2) is 8.42 Å². The number of amides is 1. The maximum Gasteiger partial charge on any atom is 0.223 e. The molecule has 0 atom stereocenters. The molecule has 0 fully saturated rings. The first-order chi connectivity index (χ1) is 11.5. The van der Waals surface area contributed by atoms with E-state index in [9.17, 15) is 13.2 Å². The lowest BCUT2D eigenvalue weighted by molar-refractivity contribution is -0.116. The number of aryl methyl sites for hydroxylation is 1. The van der Waals surface area contributed by atoms with Crippen molar-refractivity contribution in [2.75, 3.05) is 17.7 Å². The highest BCUT2D eigenvalue weighted by atomic mass is 32.2. The van der Waals surface area contributed by atoms with Crippen LogP contribution in [0.4, 0.5) is 5.69 Å². The molecule has 0 aromatic heterocycles. The number of carbonyl (C=O) groups excluding carboxylic acids is 1. The van der Waals surface area contributed by atoms with Gasteiger partial charge in [-0.05, 0) is 57.7 Å². The summed E-state index contributed by atoms with van der Waals surface area (Å²) in [6.07, 6.45) is 6.04. The first kappa shape index (κ1) is 21.7. The Balaban J connectivity index is 2.23. The molecule has 142 valence electrons. The first-order valence-electron chi connectivity index (χ1n) is 9.10. The van der Waals surface area contributed by atoms with Crippen LogP contribution in [0.5, 0.6) is 0 Å². The Morgan fingerprint density at radius 2 is 1.48 bits per heavy atom. The van der Waals surface area contributed by atoms with Crippen molar-refractivity contribution in [1.29, 1.82) is 0 Å². The number of hydrogen-bond acceptors (Lipinski definition) is 3. The molecular formula is C20H33NO3S. The predicted octanol–water partition coefficient (Wildman–Crippen LogP) is 4.38. The van der Waals surface area contributed by atoms with Gasteiger partial charge >= 0.3 is 0 Å². The van der Waals surface area contributed by atoms with E-state index in [1.165, 1.54) is 5.56 Å². The third-order valence-electron chi connectivity index (χ3n) is 4.61. The van der Waals surface area contributed by atoms with Gasteiger partial charge in [0.2, 0.25) is 5.91 Å². The van der Waals surface area contributed by atoms with Gasteiger partial charge in [0.25, 0.3) is 0 Å². The highest BCUT2D eigenvalue weighted by Crippen LogP contribution is 2.19. The molecule has 1 amide bonds. The summed E-state index contributed by atoms with van der Waals surface area (Å²) in [5.74, 6) is 0.322. The maximum atomic E-state index is 12.0. The lowest BCUT2D eigenvalue weighted by Gasteiger charge is -2.18. The Kier molecular flexibility index (Phi) is 8.13. The lowest BCUT2D eigenvalue weighted by Crippen LogP contribution is -2.30. The molecule has 25 heavy (non-hydrogen) atoms. The van der Waals surface area contributed by atoms with Gasteiger partial charge in [-0.1, -0.05) is 31.4 Å². The third kappa shape index (κ3) is 7.18. The second kappa shape index (κ2) is 9.37.